The molecule has 0 aliphatic rings. The number of hydrogen-bond acceptors (Lipinski definition) is 6. The fraction of sp³-hybridized carbons (Fsp3) is 0. The lowest BCUT2D eigenvalue weighted by atomic mass is 10.1. The monoisotopic (exact) mass is 440 g/mol. The summed E-state index contributed by atoms with van der Waals surface area (Å²) in [6.07, 6.45) is 0. The lowest BCUT2D eigenvalue weighted by Crippen LogP contribution is -2.15. The van der Waals surface area contributed by atoms with Gasteiger partial charge < -0.3 is 11.1 Å². The second-order valence-electron chi connectivity index (χ2n) is 6.33. The Morgan fingerprint density at radius 2 is 1.45 bits per heavy atom. The molecule has 0 aliphatic carbocycles. The molecule has 0 atom stereocenters. The zero-order chi connectivity index (χ0) is 22.6. The maximum absolute atomic E-state index is 12.5. The van der Waals surface area contributed by atoms with Crippen LogP contribution in [0.15, 0.2) is 77.7 Å². The van der Waals surface area contributed by atoms with E-state index in [4.69, 9.17) is 5.73 Å². The van der Waals surface area contributed by atoms with Crippen molar-refractivity contribution in [2.45, 2.75) is 4.90 Å². The van der Waals surface area contributed by atoms with E-state index in [-0.39, 0.29) is 21.8 Å². The molecular formula is C20H16N4O6S. The third kappa shape index (κ3) is 5.22. The van der Waals surface area contributed by atoms with Crippen molar-refractivity contribution in [2.24, 2.45) is 5.73 Å². The summed E-state index contributed by atoms with van der Waals surface area (Å²) < 4.78 is 27.2. The van der Waals surface area contributed by atoms with E-state index in [0.717, 1.165) is 6.07 Å². The number of rotatable bonds is 7. The Morgan fingerprint density at radius 1 is 0.871 bits per heavy atom. The van der Waals surface area contributed by atoms with Gasteiger partial charge in [-0.3, -0.25) is 24.4 Å². The summed E-state index contributed by atoms with van der Waals surface area (Å²) in [6, 6.07) is 16.3. The minimum atomic E-state index is -4.05. The highest BCUT2D eigenvalue weighted by Crippen LogP contribution is 2.21. The largest absolute Gasteiger partial charge is 0.366 e. The first-order chi connectivity index (χ1) is 14.7. The average Bonchev–Trinajstić information content (AvgIpc) is 2.74. The SMILES string of the molecule is NC(=O)c1ccc(NC(=O)c2ccc(NS(=O)(=O)c3cccc([N+](=O)[O-])c3)cc2)cc1. The van der Waals surface area contributed by atoms with E-state index in [1.54, 1.807) is 0 Å². The highest BCUT2D eigenvalue weighted by atomic mass is 32.2. The van der Waals surface area contributed by atoms with Crippen LogP contribution in [0.5, 0.6) is 0 Å². The molecule has 0 spiro atoms. The average molecular weight is 440 g/mol. The number of anilines is 2. The van der Waals surface area contributed by atoms with E-state index in [2.05, 4.69) is 10.0 Å². The van der Waals surface area contributed by atoms with Gasteiger partial charge >= 0.3 is 0 Å². The summed E-state index contributed by atoms with van der Waals surface area (Å²) >= 11 is 0. The number of carbonyl (C=O) groups excluding carboxylic acids is 2. The van der Waals surface area contributed by atoms with E-state index in [0.29, 0.717) is 11.3 Å². The molecule has 10 nitrogen and oxygen atoms in total. The number of nitrogens with zero attached hydrogens (tertiary/aromatic N) is 1. The molecule has 3 rings (SSSR count). The van der Waals surface area contributed by atoms with Gasteiger partial charge in [-0.1, -0.05) is 6.07 Å². The van der Waals surface area contributed by atoms with Crippen molar-refractivity contribution >= 4 is 38.9 Å². The maximum Gasteiger partial charge on any atom is 0.270 e. The smallest absolute Gasteiger partial charge is 0.270 e. The van der Waals surface area contributed by atoms with Crippen molar-refractivity contribution in [1.29, 1.82) is 0 Å². The number of carbonyl (C=O) groups is 2. The van der Waals surface area contributed by atoms with Crippen LogP contribution in [0.25, 0.3) is 0 Å². The molecule has 3 aromatic rings. The zero-order valence-corrected chi connectivity index (χ0v) is 16.6. The molecular weight excluding hydrogens is 424 g/mol. The van der Waals surface area contributed by atoms with E-state index in [1.165, 1.54) is 66.7 Å². The number of hydrogen-bond donors (Lipinski definition) is 3. The Balaban J connectivity index is 1.70. The summed E-state index contributed by atoms with van der Waals surface area (Å²) in [5, 5.41) is 13.5. The first-order valence-electron chi connectivity index (χ1n) is 8.74. The van der Waals surface area contributed by atoms with Crippen LogP contribution in [0.2, 0.25) is 0 Å². The molecule has 11 heteroatoms. The van der Waals surface area contributed by atoms with E-state index < -0.39 is 26.8 Å². The number of nitro groups is 1. The summed E-state index contributed by atoms with van der Waals surface area (Å²) in [7, 11) is -4.05. The molecule has 0 saturated carbocycles. The number of primary amides is 1. The molecule has 0 radical (unpaired) electrons. The molecule has 0 bridgehead atoms. The van der Waals surface area contributed by atoms with Crippen molar-refractivity contribution < 1.29 is 22.9 Å². The standard InChI is InChI=1S/C20H16N4O6S/c21-19(25)13-4-8-15(9-5-13)22-20(26)14-6-10-16(11-7-14)23-31(29,30)18-3-1-2-17(12-18)24(27)28/h1-12,23H,(H2,21,25)(H,22,26). The summed E-state index contributed by atoms with van der Waals surface area (Å²) in [4.78, 5) is 33.3. The number of benzene rings is 3. The number of non-ortho nitro benzene ring substituents is 1. The van der Waals surface area contributed by atoms with E-state index in [1.807, 2.05) is 0 Å². The Morgan fingerprint density at radius 3 is 2.03 bits per heavy atom. The van der Waals surface area contributed by atoms with Gasteiger partial charge in [0, 0.05) is 34.6 Å². The van der Waals surface area contributed by atoms with Crippen LogP contribution in [0.1, 0.15) is 20.7 Å². The molecule has 0 unspecified atom stereocenters. The van der Waals surface area contributed by atoms with Gasteiger partial charge in [0.05, 0.1) is 9.82 Å². The molecule has 0 saturated heterocycles. The fourth-order valence-electron chi connectivity index (χ4n) is 2.59. The maximum atomic E-state index is 12.5. The minimum Gasteiger partial charge on any atom is -0.366 e. The quantitative estimate of drug-likeness (QED) is 0.378. The van der Waals surface area contributed by atoms with Crippen LogP contribution in [-0.4, -0.2) is 25.2 Å². The van der Waals surface area contributed by atoms with Crippen molar-refractivity contribution in [2.75, 3.05) is 10.0 Å². The number of nitrogens with one attached hydrogen (secondary N) is 2. The molecule has 2 amide bonds. The molecule has 0 fully saturated rings. The number of sulfonamides is 1. The fourth-order valence-corrected chi connectivity index (χ4v) is 3.69. The minimum absolute atomic E-state index is 0.175. The summed E-state index contributed by atoms with van der Waals surface area (Å²) in [5.41, 5.74) is 6.01. The van der Waals surface area contributed by atoms with Gasteiger partial charge in [-0.2, -0.15) is 0 Å². The summed E-state index contributed by atoms with van der Waals surface area (Å²) in [6.45, 7) is 0. The van der Waals surface area contributed by atoms with Crippen LogP contribution >= 0.6 is 0 Å². The third-order valence-corrected chi connectivity index (χ3v) is 5.54. The predicted octanol–water partition coefficient (Wildman–Crippen LogP) is 2.75. The van der Waals surface area contributed by atoms with E-state index >= 15 is 0 Å². The van der Waals surface area contributed by atoms with Gasteiger partial charge in [0.2, 0.25) is 5.91 Å². The predicted molar refractivity (Wildman–Crippen MR) is 113 cm³/mol. The first kappa shape index (κ1) is 21.5. The van der Waals surface area contributed by atoms with Gasteiger partial charge in [0.15, 0.2) is 0 Å². The normalized spacial score (nSPS) is 10.8. The van der Waals surface area contributed by atoms with Gasteiger partial charge in [0.25, 0.3) is 21.6 Å². The third-order valence-electron chi connectivity index (χ3n) is 4.17. The number of nitro benzene ring substituents is 1. The van der Waals surface area contributed by atoms with Crippen LogP contribution in [-0.2, 0) is 10.0 Å². The second-order valence-corrected chi connectivity index (χ2v) is 8.02. The van der Waals surface area contributed by atoms with Gasteiger partial charge in [-0.15, -0.1) is 0 Å². The first-order valence-corrected chi connectivity index (χ1v) is 10.2. The van der Waals surface area contributed by atoms with Crippen molar-refractivity contribution in [3.8, 4) is 0 Å². The van der Waals surface area contributed by atoms with Gasteiger partial charge in [-0.25, -0.2) is 8.42 Å². The Labute approximate surface area is 176 Å². The summed E-state index contributed by atoms with van der Waals surface area (Å²) in [5.74, 6) is -1.03. The number of amides is 2. The molecule has 31 heavy (non-hydrogen) atoms. The molecule has 3 aromatic carbocycles. The van der Waals surface area contributed by atoms with Crippen molar-refractivity contribution in [1.82, 2.24) is 0 Å². The van der Waals surface area contributed by atoms with Crippen LogP contribution < -0.4 is 15.8 Å². The Bertz CT molecular complexity index is 1260. The van der Waals surface area contributed by atoms with Gasteiger partial charge in [0.1, 0.15) is 0 Å². The lowest BCUT2D eigenvalue weighted by molar-refractivity contribution is -0.385. The molecule has 0 aliphatic heterocycles. The van der Waals surface area contributed by atoms with Crippen LogP contribution in [0.3, 0.4) is 0 Å². The van der Waals surface area contributed by atoms with Crippen LogP contribution in [0.4, 0.5) is 17.1 Å². The van der Waals surface area contributed by atoms with Crippen LogP contribution in [0, 0.1) is 10.1 Å². The number of nitrogens with two attached hydrogens (primary N) is 1. The van der Waals surface area contributed by atoms with Crippen molar-refractivity contribution in [3.63, 3.8) is 0 Å². The second kappa shape index (κ2) is 8.63. The van der Waals surface area contributed by atoms with E-state index in [9.17, 15) is 28.1 Å². The molecule has 0 aromatic heterocycles. The molecule has 0 heterocycles. The van der Waals surface area contributed by atoms with Gasteiger partial charge in [-0.05, 0) is 54.6 Å². The lowest BCUT2D eigenvalue weighted by Gasteiger charge is -2.09. The van der Waals surface area contributed by atoms with Crippen molar-refractivity contribution in [3.05, 3.63) is 94.0 Å². The highest BCUT2D eigenvalue weighted by molar-refractivity contribution is 7.92. The zero-order valence-electron chi connectivity index (χ0n) is 15.8. The molecule has 158 valence electrons. The topological polar surface area (TPSA) is 162 Å². The highest BCUT2D eigenvalue weighted by Gasteiger charge is 2.18. The Hall–Kier alpha value is -4.25. The molecule has 4 N–H and O–H groups in total. The Kier molecular flexibility index (Phi) is 5.97.